The molecule has 0 nitrogen and oxygen atoms in total. The highest BCUT2D eigenvalue weighted by molar-refractivity contribution is 7.99. The lowest BCUT2D eigenvalue weighted by Crippen LogP contribution is -2.27. The van der Waals surface area contributed by atoms with E-state index in [9.17, 15) is 17.6 Å². The first kappa shape index (κ1) is 11.1. The SMILES string of the molecule is CC(C)SCC(F)C(F)(F)F. The van der Waals surface area contributed by atoms with Gasteiger partial charge >= 0.3 is 6.18 Å². The summed E-state index contributed by atoms with van der Waals surface area (Å²) in [5.74, 6) is -0.499. The minimum Gasteiger partial charge on any atom is -0.237 e. The van der Waals surface area contributed by atoms with Crippen molar-refractivity contribution < 1.29 is 17.6 Å². The normalized spacial score (nSPS) is 15.5. The van der Waals surface area contributed by atoms with E-state index < -0.39 is 18.1 Å². The Morgan fingerprint density at radius 3 is 2.00 bits per heavy atom. The average molecular weight is 190 g/mol. The Balaban J connectivity index is 3.61. The van der Waals surface area contributed by atoms with Gasteiger partial charge in [0.15, 0.2) is 0 Å². The fourth-order valence-electron chi connectivity index (χ4n) is 0.371. The Hall–Kier alpha value is 0.0700. The first-order valence-corrected chi connectivity index (χ1v) is 4.21. The highest BCUT2D eigenvalue weighted by atomic mass is 32.2. The molecule has 0 spiro atoms. The zero-order valence-corrected chi connectivity index (χ0v) is 7.10. The molecule has 0 saturated carbocycles. The van der Waals surface area contributed by atoms with Crippen LogP contribution in [-0.2, 0) is 0 Å². The quantitative estimate of drug-likeness (QED) is 0.616. The molecule has 68 valence electrons. The molecule has 0 fully saturated rings. The summed E-state index contributed by atoms with van der Waals surface area (Å²) in [6.07, 6.45) is -7.38. The van der Waals surface area contributed by atoms with Gasteiger partial charge in [-0.15, -0.1) is 0 Å². The van der Waals surface area contributed by atoms with Crippen molar-refractivity contribution in [3.05, 3.63) is 0 Å². The number of hydrogen-bond acceptors (Lipinski definition) is 1. The second-order valence-corrected chi connectivity index (χ2v) is 4.00. The molecule has 0 aliphatic rings. The van der Waals surface area contributed by atoms with E-state index in [-0.39, 0.29) is 5.25 Å². The van der Waals surface area contributed by atoms with Crippen molar-refractivity contribution >= 4 is 11.8 Å². The average Bonchev–Trinajstić information content (AvgIpc) is 1.80. The molecule has 11 heavy (non-hydrogen) atoms. The fraction of sp³-hybridized carbons (Fsp3) is 1.00. The largest absolute Gasteiger partial charge is 0.420 e. The molecular weight excluding hydrogens is 180 g/mol. The van der Waals surface area contributed by atoms with E-state index in [4.69, 9.17) is 0 Å². The molecule has 0 saturated heterocycles. The Bertz CT molecular complexity index is 110. The lowest BCUT2D eigenvalue weighted by atomic mass is 10.4. The molecule has 0 aliphatic carbocycles. The highest BCUT2D eigenvalue weighted by Gasteiger charge is 2.39. The third kappa shape index (κ3) is 5.35. The van der Waals surface area contributed by atoms with Gasteiger partial charge in [0.1, 0.15) is 0 Å². The van der Waals surface area contributed by atoms with Crippen LogP contribution in [-0.4, -0.2) is 23.4 Å². The summed E-state index contributed by atoms with van der Waals surface area (Å²) in [7, 11) is 0. The zero-order valence-electron chi connectivity index (χ0n) is 6.28. The van der Waals surface area contributed by atoms with E-state index in [2.05, 4.69) is 0 Å². The summed E-state index contributed by atoms with van der Waals surface area (Å²) in [5, 5.41) is 0.0376. The molecular formula is C6H10F4S. The maximum absolute atomic E-state index is 12.1. The van der Waals surface area contributed by atoms with Gasteiger partial charge in [0.05, 0.1) is 0 Å². The highest BCUT2D eigenvalue weighted by Crippen LogP contribution is 2.26. The molecule has 1 atom stereocenters. The first-order chi connectivity index (χ1) is 4.84. The van der Waals surface area contributed by atoms with Gasteiger partial charge in [-0.1, -0.05) is 13.8 Å². The van der Waals surface area contributed by atoms with Crippen LogP contribution in [0, 0.1) is 0 Å². The van der Waals surface area contributed by atoms with Crippen molar-refractivity contribution in [2.75, 3.05) is 5.75 Å². The molecule has 0 N–H and O–H groups in total. The number of rotatable bonds is 3. The summed E-state index contributed by atoms with van der Waals surface area (Å²) in [6, 6.07) is 0. The van der Waals surface area contributed by atoms with E-state index in [1.165, 1.54) is 0 Å². The minimum absolute atomic E-state index is 0.0376. The maximum atomic E-state index is 12.1. The molecule has 0 amide bonds. The number of alkyl halides is 4. The summed E-state index contributed by atoms with van der Waals surface area (Å²) in [5.41, 5.74) is 0. The predicted molar refractivity (Wildman–Crippen MR) is 38.5 cm³/mol. The van der Waals surface area contributed by atoms with Crippen LogP contribution >= 0.6 is 11.8 Å². The van der Waals surface area contributed by atoms with E-state index >= 15 is 0 Å². The van der Waals surface area contributed by atoms with Gasteiger partial charge < -0.3 is 0 Å². The predicted octanol–water partition coefficient (Wildman–Crippen LogP) is 3.03. The van der Waals surface area contributed by atoms with Gasteiger partial charge in [0, 0.05) is 5.75 Å². The topological polar surface area (TPSA) is 0 Å². The van der Waals surface area contributed by atoms with Crippen molar-refractivity contribution in [1.29, 1.82) is 0 Å². The van der Waals surface area contributed by atoms with E-state index in [0.717, 1.165) is 11.8 Å². The zero-order chi connectivity index (χ0) is 9.07. The monoisotopic (exact) mass is 190 g/mol. The lowest BCUT2D eigenvalue weighted by molar-refractivity contribution is -0.173. The summed E-state index contributed by atoms with van der Waals surface area (Å²) in [4.78, 5) is 0. The molecule has 0 rings (SSSR count). The summed E-state index contributed by atoms with van der Waals surface area (Å²) in [6.45, 7) is 3.46. The smallest absolute Gasteiger partial charge is 0.237 e. The Morgan fingerprint density at radius 2 is 1.73 bits per heavy atom. The summed E-state index contributed by atoms with van der Waals surface area (Å²) < 4.78 is 46.7. The van der Waals surface area contributed by atoms with Crippen LogP contribution in [0.1, 0.15) is 13.8 Å². The second-order valence-electron chi connectivity index (χ2n) is 2.39. The van der Waals surface area contributed by atoms with E-state index in [1.807, 2.05) is 0 Å². The summed E-state index contributed by atoms with van der Waals surface area (Å²) >= 11 is 0.971. The van der Waals surface area contributed by atoms with Crippen molar-refractivity contribution in [1.82, 2.24) is 0 Å². The number of halogens is 4. The van der Waals surface area contributed by atoms with Crippen LogP contribution in [0.2, 0.25) is 0 Å². The lowest BCUT2D eigenvalue weighted by Gasteiger charge is -2.12. The van der Waals surface area contributed by atoms with Crippen molar-refractivity contribution in [2.24, 2.45) is 0 Å². The molecule has 5 heteroatoms. The van der Waals surface area contributed by atoms with E-state index in [0.29, 0.717) is 0 Å². The molecule has 0 radical (unpaired) electrons. The van der Waals surface area contributed by atoms with Crippen LogP contribution in [0.25, 0.3) is 0 Å². The minimum atomic E-state index is -4.69. The van der Waals surface area contributed by atoms with Crippen molar-refractivity contribution in [3.63, 3.8) is 0 Å². The third-order valence-corrected chi connectivity index (χ3v) is 2.08. The number of hydrogen-bond donors (Lipinski definition) is 0. The van der Waals surface area contributed by atoms with Crippen LogP contribution in [0.4, 0.5) is 17.6 Å². The van der Waals surface area contributed by atoms with Gasteiger partial charge in [-0.3, -0.25) is 0 Å². The molecule has 0 aromatic rings. The van der Waals surface area contributed by atoms with Crippen LogP contribution in [0.3, 0.4) is 0 Å². The molecule has 0 heterocycles. The van der Waals surface area contributed by atoms with Crippen LogP contribution in [0.15, 0.2) is 0 Å². The molecule has 1 unspecified atom stereocenters. The van der Waals surface area contributed by atoms with E-state index in [1.54, 1.807) is 13.8 Å². The standard InChI is InChI=1S/C6H10F4S/c1-4(2)11-3-5(7)6(8,9)10/h4-5H,3H2,1-2H3. The van der Waals surface area contributed by atoms with Gasteiger partial charge in [-0.2, -0.15) is 24.9 Å². The third-order valence-electron chi connectivity index (χ3n) is 0.931. The fourth-order valence-corrected chi connectivity index (χ4v) is 1.11. The molecule has 0 aromatic carbocycles. The molecule has 0 aliphatic heterocycles. The number of thioether (sulfide) groups is 1. The molecule has 0 aromatic heterocycles. The Labute approximate surface area is 67.3 Å². The Morgan fingerprint density at radius 1 is 1.27 bits per heavy atom. The van der Waals surface area contributed by atoms with Crippen molar-refractivity contribution in [3.8, 4) is 0 Å². The van der Waals surface area contributed by atoms with Crippen LogP contribution in [0.5, 0.6) is 0 Å². The molecule has 0 bridgehead atoms. The maximum Gasteiger partial charge on any atom is 0.420 e. The van der Waals surface area contributed by atoms with Crippen LogP contribution < -0.4 is 0 Å². The second kappa shape index (κ2) is 4.18. The Kier molecular flexibility index (Phi) is 4.21. The van der Waals surface area contributed by atoms with Gasteiger partial charge in [-0.25, -0.2) is 4.39 Å². The van der Waals surface area contributed by atoms with Gasteiger partial charge in [-0.05, 0) is 5.25 Å². The van der Waals surface area contributed by atoms with Gasteiger partial charge in [0.25, 0.3) is 0 Å². The first-order valence-electron chi connectivity index (χ1n) is 3.16. The van der Waals surface area contributed by atoms with Crippen molar-refractivity contribution in [2.45, 2.75) is 31.4 Å². The van der Waals surface area contributed by atoms with Gasteiger partial charge in [0.2, 0.25) is 6.17 Å².